The summed E-state index contributed by atoms with van der Waals surface area (Å²) in [6.45, 7) is 4.17. The number of carbonyl (C=O) groups is 1. The van der Waals surface area contributed by atoms with Gasteiger partial charge in [-0.15, -0.1) is 0 Å². The van der Waals surface area contributed by atoms with Crippen LogP contribution in [0.1, 0.15) is 28.2 Å². The number of hydrogen-bond acceptors (Lipinski definition) is 4. The van der Waals surface area contributed by atoms with E-state index in [0.717, 1.165) is 40.4 Å². The third kappa shape index (κ3) is 3.72. The number of benzene rings is 2. The first-order valence-electron chi connectivity index (χ1n) is 8.91. The maximum absolute atomic E-state index is 13.0. The van der Waals surface area contributed by atoms with Crippen LogP contribution < -0.4 is 10.1 Å². The van der Waals surface area contributed by atoms with Gasteiger partial charge in [-0.2, -0.15) is 17.5 Å². The van der Waals surface area contributed by atoms with E-state index in [2.05, 4.69) is 9.69 Å². The van der Waals surface area contributed by atoms with Gasteiger partial charge in [0, 0.05) is 16.5 Å². The van der Waals surface area contributed by atoms with Crippen LogP contribution in [0.25, 0.3) is 11.3 Å². The number of rotatable bonds is 3. The molecule has 3 aromatic rings. The monoisotopic (exact) mass is 418 g/mol. The van der Waals surface area contributed by atoms with E-state index in [1.165, 1.54) is 6.07 Å². The van der Waals surface area contributed by atoms with Crippen molar-refractivity contribution in [3.63, 3.8) is 0 Å². The Labute approximate surface area is 169 Å². The number of halogens is 3. The van der Waals surface area contributed by atoms with Crippen molar-refractivity contribution in [3.8, 4) is 17.0 Å². The fourth-order valence-corrected chi connectivity index (χ4v) is 3.92. The third-order valence-corrected chi connectivity index (χ3v) is 5.64. The zero-order valence-corrected chi connectivity index (χ0v) is 16.4. The van der Waals surface area contributed by atoms with Gasteiger partial charge in [0.25, 0.3) is 0 Å². The SMILES string of the molecule is Cc1cc2c(cc1C)C(C(=O)Nc1csnc1-c1cccc(C(F)(F)F)c1)CO2. The van der Waals surface area contributed by atoms with Crippen LogP contribution in [0.4, 0.5) is 18.9 Å². The number of aryl methyl sites for hydroxylation is 2. The number of nitrogens with zero attached hydrogens (tertiary/aromatic N) is 1. The molecule has 0 fully saturated rings. The molecule has 1 aliphatic heterocycles. The van der Waals surface area contributed by atoms with Crippen molar-refractivity contribution in [1.82, 2.24) is 4.37 Å². The van der Waals surface area contributed by atoms with Crippen molar-refractivity contribution in [2.45, 2.75) is 25.9 Å². The number of amides is 1. The molecule has 150 valence electrons. The Balaban J connectivity index is 1.60. The largest absolute Gasteiger partial charge is 0.492 e. The molecule has 1 aliphatic rings. The van der Waals surface area contributed by atoms with Gasteiger partial charge in [0.2, 0.25) is 5.91 Å². The van der Waals surface area contributed by atoms with E-state index in [4.69, 9.17) is 4.74 Å². The van der Waals surface area contributed by atoms with Crippen LogP contribution in [-0.2, 0) is 11.0 Å². The van der Waals surface area contributed by atoms with Crippen LogP contribution >= 0.6 is 11.5 Å². The number of carbonyl (C=O) groups excluding carboxylic acids is 1. The minimum atomic E-state index is -4.45. The van der Waals surface area contributed by atoms with Gasteiger partial charge < -0.3 is 10.1 Å². The van der Waals surface area contributed by atoms with Gasteiger partial charge in [-0.1, -0.05) is 18.2 Å². The van der Waals surface area contributed by atoms with E-state index < -0.39 is 17.7 Å². The molecule has 0 spiro atoms. The van der Waals surface area contributed by atoms with E-state index in [1.54, 1.807) is 11.4 Å². The molecule has 2 aromatic carbocycles. The summed E-state index contributed by atoms with van der Waals surface area (Å²) in [5.41, 5.74) is 3.20. The van der Waals surface area contributed by atoms with E-state index in [-0.39, 0.29) is 12.5 Å². The van der Waals surface area contributed by atoms with Gasteiger partial charge in [0.05, 0.1) is 11.3 Å². The van der Waals surface area contributed by atoms with Gasteiger partial charge in [-0.25, -0.2) is 0 Å². The maximum atomic E-state index is 13.0. The van der Waals surface area contributed by atoms with Crippen molar-refractivity contribution < 1.29 is 22.7 Å². The van der Waals surface area contributed by atoms with Crippen LogP contribution in [0.5, 0.6) is 5.75 Å². The first kappa shape index (κ1) is 19.4. The van der Waals surface area contributed by atoms with Gasteiger partial charge in [0.1, 0.15) is 24.0 Å². The molecule has 0 saturated carbocycles. The molecule has 1 amide bonds. The molecular formula is C21H17F3N2O2S. The molecule has 2 heterocycles. The number of aromatic nitrogens is 1. The molecule has 4 nitrogen and oxygen atoms in total. The Kier molecular flexibility index (Phi) is 4.82. The smallest absolute Gasteiger partial charge is 0.416 e. The summed E-state index contributed by atoms with van der Waals surface area (Å²) in [5.74, 6) is -0.0752. The van der Waals surface area contributed by atoms with E-state index >= 15 is 0 Å². The number of alkyl halides is 3. The molecule has 1 aromatic heterocycles. The number of nitrogens with one attached hydrogen (secondary N) is 1. The summed E-state index contributed by atoms with van der Waals surface area (Å²) < 4.78 is 48.9. The zero-order valence-electron chi connectivity index (χ0n) is 15.6. The Morgan fingerprint density at radius 2 is 1.97 bits per heavy atom. The molecule has 1 unspecified atom stereocenters. The van der Waals surface area contributed by atoms with Crippen molar-refractivity contribution in [1.29, 1.82) is 0 Å². The van der Waals surface area contributed by atoms with Gasteiger partial charge >= 0.3 is 6.18 Å². The average Bonchev–Trinajstić information content (AvgIpc) is 3.28. The number of hydrogen-bond donors (Lipinski definition) is 1. The molecule has 0 bridgehead atoms. The maximum Gasteiger partial charge on any atom is 0.416 e. The summed E-state index contributed by atoms with van der Waals surface area (Å²) in [7, 11) is 0. The normalized spacial score (nSPS) is 15.7. The number of fused-ring (bicyclic) bond motifs is 1. The predicted octanol–water partition coefficient (Wildman–Crippen LogP) is 5.56. The van der Waals surface area contributed by atoms with Crippen molar-refractivity contribution >= 4 is 23.1 Å². The second-order valence-electron chi connectivity index (χ2n) is 6.98. The van der Waals surface area contributed by atoms with Crippen LogP contribution in [0.2, 0.25) is 0 Å². The van der Waals surface area contributed by atoms with Crippen LogP contribution in [0.3, 0.4) is 0 Å². The Morgan fingerprint density at radius 3 is 2.72 bits per heavy atom. The topological polar surface area (TPSA) is 51.2 Å². The highest BCUT2D eigenvalue weighted by atomic mass is 32.1. The van der Waals surface area contributed by atoms with Gasteiger partial charge in [-0.05, 0) is 54.7 Å². The van der Waals surface area contributed by atoms with Crippen molar-refractivity contribution in [2.24, 2.45) is 0 Å². The molecule has 1 atom stereocenters. The summed E-state index contributed by atoms with van der Waals surface area (Å²) >= 11 is 1.07. The lowest BCUT2D eigenvalue weighted by atomic mass is 9.96. The molecule has 29 heavy (non-hydrogen) atoms. The lowest BCUT2D eigenvalue weighted by Gasteiger charge is -2.12. The van der Waals surface area contributed by atoms with Gasteiger partial charge in [0.15, 0.2) is 0 Å². The van der Waals surface area contributed by atoms with Crippen molar-refractivity contribution in [2.75, 3.05) is 11.9 Å². The Morgan fingerprint density at radius 1 is 1.21 bits per heavy atom. The van der Waals surface area contributed by atoms with Crippen LogP contribution in [0, 0.1) is 13.8 Å². The van der Waals surface area contributed by atoms with E-state index in [0.29, 0.717) is 22.7 Å². The second-order valence-corrected chi connectivity index (χ2v) is 7.61. The highest BCUT2D eigenvalue weighted by molar-refractivity contribution is 7.04. The average molecular weight is 418 g/mol. The second kappa shape index (κ2) is 7.18. The summed E-state index contributed by atoms with van der Waals surface area (Å²) in [4.78, 5) is 12.9. The quantitative estimate of drug-likeness (QED) is 0.606. The van der Waals surface area contributed by atoms with E-state index in [9.17, 15) is 18.0 Å². The molecule has 8 heteroatoms. The lowest BCUT2D eigenvalue weighted by molar-refractivity contribution is -0.137. The predicted molar refractivity (Wildman–Crippen MR) is 105 cm³/mol. The minimum absolute atomic E-state index is 0.223. The highest BCUT2D eigenvalue weighted by Crippen LogP contribution is 2.38. The fraction of sp³-hybridized carbons (Fsp3) is 0.238. The third-order valence-electron chi connectivity index (χ3n) is 5.01. The van der Waals surface area contributed by atoms with Gasteiger partial charge in [-0.3, -0.25) is 4.79 Å². The molecular weight excluding hydrogens is 401 g/mol. The molecule has 0 aliphatic carbocycles. The fourth-order valence-electron chi connectivity index (χ4n) is 3.29. The molecule has 0 saturated heterocycles. The Bertz CT molecular complexity index is 1090. The van der Waals surface area contributed by atoms with Crippen LogP contribution in [0.15, 0.2) is 41.8 Å². The summed E-state index contributed by atoms with van der Waals surface area (Å²) in [5, 5.41) is 4.43. The zero-order chi connectivity index (χ0) is 20.8. The lowest BCUT2D eigenvalue weighted by Crippen LogP contribution is -2.22. The van der Waals surface area contributed by atoms with E-state index in [1.807, 2.05) is 26.0 Å². The Hall–Kier alpha value is -2.87. The first-order valence-corrected chi connectivity index (χ1v) is 9.74. The summed E-state index contributed by atoms with van der Waals surface area (Å²) in [6, 6.07) is 8.77. The molecule has 4 rings (SSSR count). The van der Waals surface area contributed by atoms with Crippen molar-refractivity contribution in [3.05, 3.63) is 64.0 Å². The first-order chi connectivity index (χ1) is 13.7. The minimum Gasteiger partial charge on any atom is -0.492 e. The molecule has 1 N–H and O–H groups in total. The number of anilines is 1. The molecule has 0 radical (unpaired) electrons. The van der Waals surface area contributed by atoms with Crippen LogP contribution in [-0.4, -0.2) is 16.9 Å². The highest BCUT2D eigenvalue weighted by Gasteiger charge is 2.33. The summed E-state index contributed by atoms with van der Waals surface area (Å²) in [6.07, 6.45) is -4.45. The number of ether oxygens (including phenoxy) is 1. The standard InChI is InChI=1S/C21H17F3N2O2S/c1-11-6-15-16(9-28-18(15)7-12(11)2)20(27)25-17-10-29-26-19(17)13-4-3-5-14(8-13)21(22,23)24/h3-8,10,16H,9H2,1-2H3,(H,25,27).